The van der Waals surface area contributed by atoms with Gasteiger partial charge in [0.15, 0.2) is 0 Å². The molecule has 0 aromatic carbocycles. The van der Waals surface area contributed by atoms with Gasteiger partial charge in [0.25, 0.3) is 0 Å². The van der Waals surface area contributed by atoms with Crippen molar-refractivity contribution in [3.8, 4) is 0 Å². The van der Waals surface area contributed by atoms with Crippen LogP contribution in [0.15, 0.2) is 22.9 Å². The third-order valence-electron chi connectivity index (χ3n) is 2.37. The lowest BCUT2D eigenvalue weighted by molar-refractivity contribution is 0.132. The zero-order valence-corrected chi connectivity index (χ0v) is 9.95. The van der Waals surface area contributed by atoms with E-state index < -0.39 is 0 Å². The van der Waals surface area contributed by atoms with Crippen molar-refractivity contribution >= 4 is 15.9 Å². The molecular formula is C10H15BrN2O. The molecule has 0 saturated carbocycles. The lowest BCUT2D eigenvalue weighted by Crippen LogP contribution is -2.32. The van der Waals surface area contributed by atoms with Crippen molar-refractivity contribution in [1.29, 1.82) is 0 Å². The highest BCUT2D eigenvalue weighted by molar-refractivity contribution is 9.10. The first-order valence-corrected chi connectivity index (χ1v) is 5.25. The van der Waals surface area contributed by atoms with Gasteiger partial charge in [0, 0.05) is 29.8 Å². The summed E-state index contributed by atoms with van der Waals surface area (Å²) in [6, 6.07) is 3.53. The van der Waals surface area contributed by atoms with Gasteiger partial charge in [-0.05, 0) is 22.0 Å². The molecule has 14 heavy (non-hydrogen) atoms. The molecule has 0 unspecified atom stereocenters. The molecule has 4 heteroatoms. The Hall–Kier alpha value is -0.450. The molecule has 0 aliphatic rings. The molecule has 0 saturated heterocycles. The summed E-state index contributed by atoms with van der Waals surface area (Å²) in [5, 5.41) is 9.20. The average Bonchev–Trinajstić information content (AvgIpc) is 2.17. The van der Waals surface area contributed by atoms with Gasteiger partial charge in [0.05, 0.1) is 0 Å². The number of pyridine rings is 1. The van der Waals surface area contributed by atoms with Crippen LogP contribution in [0.3, 0.4) is 0 Å². The molecule has 1 aromatic heterocycles. The molecule has 0 spiro atoms. The van der Waals surface area contributed by atoms with Gasteiger partial charge in [-0.3, -0.25) is 0 Å². The Bertz CT molecular complexity index is 315. The minimum absolute atomic E-state index is 0.0511. The summed E-state index contributed by atoms with van der Waals surface area (Å²) in [5.74, 6) is 0. The monoisotopic (exact) mass is 258 g/mol. The first kappa shape index (κ1) is 11.6. The number of rotatable bonds is 3. The van der Waals surface area contributed by atoms with Crippen molar-refractivity contribution < 1.29 is 5.11 Å². The van der Waals surface area contributed by atoms with Crippen LogP contribution < -0.4 is 5.73 Å². The summed E-state index contributed by atoms with van der Waals surface area (Å²) in [5.41, 5.74) is 6.64. The summed E-state index contributed by atoms with van der Waals surface area (Å²) >= 11 is 3.35. The van der Waals surface area contributed by atoms with E-state index in [0.717, 1.165) is 10.2 Å². The smallest absolute Gasteiger partial charge is 0.110 e. The Morgan fingerprint density at radius 2 is 2.29 bits per heavy atom. The number of nitrogens with zero attached hydrogens (tertiary/aromatic N) is 1. The topological polar surface area (TPSA) is 59.1 Å². The molecule has 1 atom stereocenters. The summed E-state index contributed by atoms with van der Waals surface area (Å²) in [6.45, 7) is 3.91. The number of aliphatic hydroxyl groups excluding tert-OH is 1. The first-order valence-electron chi connectivity index (χ1n) is 4.46. The predicted molar refractivity (Wildman–Crippen MR) is 59.7 cm³/mol. The highest BCUT2D eigenvalue weighted by Gasteiger charge is 2.28. The fourth-order valence-corrected chi connectivity index (χ4v) is 1.65. The van der Waals surface area contributed by atoms with E-state index in [2.05, 4.69) is 20.9 Å². The Kier molecular flexibility index (Phi) is 3.64. The molecule has 3 N–H and O–H groups in total. The Morgan fingerprint density at radius 3 is 2.79 bits per heavy atom. The maximum Gasteiger partial charge on any atom is 0.110 e. The second kappa shape index (κ2) is 4.38. The van der Waals surface area contributed by atoms with E-state index in [0.29, 0.717) is 0 Å². The number of aliphatic hydroxyl groups is 1. The Morgan fingerprint density at radius 1 is 1.64 bits per heavy atom. The number of hydrogen-bond donors (Lipinski definition) is 2. The molecule has 0 fully saturated rings. The minimum atomic E-state index is -0.342. The third-order valence-corrected chi connectivity index (χ3v) is 3.04. The van der Waals surface area contributed by atoms with Crippen LogP contribution >= 0.6 is 15.9 Å². The summed E-state index contributed by atoms with van der Waals surface area (Å²) < 4.78 is 0.744. The SMILES string of the molecule is CC(C)(CO)[C@@H](N)c1cccnc1Br. The van der Waals surface area contributed by atoms with E-state index in [-0.39, 0.29) is 18.1 Å². The molecule has 1 rings (SSSR count). The van der Waals surface area contributed by atoms with E-state index in [1.807, 2.05) is 26.0 Å². The van der Waals surface area contributed by atoms with Gasteiger partial charge >= 0.3 is 0 Å². The van der Waals surface area contributed by atoms with Crippen LogP contribution in [0.4, 0.5) is 0 Å². The van der Waals surface area contributed by atoms with E-state index in [4.69, 9.17) is 5.73 Å². The fourth-order valence-electron chi connectivity index (χ4n) is 1.15. The summed E-state index contributed by atoms with van der Waals surface area (Å²) in [6.07, 6.45) is 1.70. The van der Waals surface area contributed by atoms with E-state index in [1.165, 1.54) is 0 Å². The number of nitrogens with two attached hydrogens (primary N) is 1. The highest BCUT2D eigenvalue weighted by atomic mass is 79.9. The van der Waals surface area contributed by atoms with Crippen LogP contribution in [-0.4, -0.2) is 16.7 Å². The van der Waals surface area contributed by atoms with Crippen molar-refractivity contribution in [2.24, 2.45) is 11.1 Å². The van der Waals surface area contributed by atoms with Gasteiger partial charge in [-0.25, -0.2) is 4.98 Å². The van der Waals surface area contributed by atoms with E-state index in [9.17, 15) is 5.11 Å². The van der Waals surface area contributed by atoms with Crippen molar-refractivity contribution in [1.82, 2.24) is 4.98 Å². The Labute approximate surface area is 92.5 Å². The fraction of sp³-hybridized carbons (Fsp3) is 0.500. The molecule has 1 aromatic rings. The first-order chi connectivity index (χ1) is 6.49. The van der Waals surface area contributed by atoms with Crippen LogP contribution in [0, 0.1) is 5.41 Å². The van der Waals surface area contributed by atoms with Gasteiger partial charge in [-0.2, -0.15) is 0 Å². The largest absolute Gasteiger partial charge is 0.396 e. The molecule has 0 aliphatic heterocycles. The number of halogens is 1. The van der Waals surface area contributed by atoms with Crippen LogP contribution in [0.1, 0.15) is 25.5 Å². The maximum absolute atomic E-state index is 9.20. The summed E-state index contributed by atoms with van der Waals surface area (Å²) in [4.78, 5) is 4.10. The normalized spacial score (nSPS) is 14.1. The lowest BCUT2D eigenvalue weighted by atomic mass is 9.82. The minimum Gasteiger partial charge on any atom is -0.396 e. The maximum atomic E-state index is 9.20. The van der Waals surface area contributed by atoms with E-state index >= 15 is 0 Å². The van der Waals surface area contributed by atoms with Gasteiger partial charge in [-0.15, -0.1) is 0 Å². The molecular weight excluding hydrogens is 244 g/mol. The number of hydrogen-bond acceptors (Lipinski definition) is 3. The van der Waals surface area contributed by atoms with Crippen molar-refractivity contribution in [3.05, 3.63) is 28.5 Å². The average molecular weight is 259 g/mol. The molecule has 3 nitrogen and oxygen atoms in total. The molecule has 0 aliphatic carbocycles. The zero-order valence-electron chi connectivity index (χ0n) is 8.37. The molecule has 0 bridgehead atoms. The van der Waals surface area contributed by atoms with Gasteiger partial charge < -0.3 is 10.8 Å². The van der Waals surface area contributed by atoms with Crippen molar-refractivity contribution in [3.63, 3.8) is 0 Å². The molecule has 0 radical (unpaired) electrons. The molecule has 78 valence electrons. The van der Waals surface area contributed by atoms with Crippen LogP contribution in [0.25, 0.3) is 0 Å². The van der Waals surface area contributed by atoms with Gasteiger partial charge in [-0.1, -0.05) is 19.9 Å². The standard InChI is InChI=1S/C10H15BrN2O/c1-10(2,6-14)8(12)7-4-3-5-13-9(7)11/h3-5,8,14H,6,12H2,1-2H3/t8-/m0/s1. The van der Waals surface area contributed by atoms with E-state index in [1.54, 1.807) is 6.20 Å². The highest BCUT2D eigenvalue weighted by Crippen LogP contribution is 2.33. The van der Waals surface area contributed by atoms with Crippen LogP contribution in [0.2, 0.25) is 0 Å². The second-order valence-corrected chi connectivity index (χ2v) is 4.76. The molecule has 0 amide bonds. The Balaban J connectivity index is 3.00. The second-order valence-electron chi connectivity index (χ2n) is 4.01. The zero-order chi connectivity index (χ0) is 10.8. The van der Waals surface area contributed by atoms with Crippen molar-refractivity contribution in [2.45, 2.75) is 19.9 Å². The van der Waals surface area contributed by atoms with Crippen molar-refractivity contribution in [2.75, 3.05) is 6.61 Å². The van der Waals surface area contributed by atoms with Gasteiger partial charge in [0.1, 0.15) is 4.60 Å². The molecule has 1 heterocycles. The van der Waals surface area contributed by atoms with Crippen LogP contribution in [0.5, 0.6) is 0 Å². The van der Waals surface area contributed by atoms with Gasteiger partial charge in [0.2, 0.25) is 0 Å². The lowest BCUT2D eigenvalue weighted by Gasteiger charge is -2.29. The quantitative estimate of drug-likeness (QED) is 0.814. The summed E-state index contributed by atoms with van der Waals surface area (Å²) in [7, 11) is 0. The predicted octanol–water partition coefficient (Wildman–Crippen LogP) is 1.86. The third kappa shape index (κ3) is 2.32. The van der Waals surface area contributed by atoms with Crippen LogP contribution in [-0.2, 0) is 0 Å². The number of aromatic nitrogens is 1.